The molecule has 0 radical (unpaired) electrons. The van der Waals surface area contributed by atoms with Gasteiger partial charge in [-0.15, -0.1) is 0 Å². The largest absolute Gasteiger partial charge is 0.481 e. The first-order valence-corrected chi connectivity index (χ1v) is 6.82. The van der Waals surface area contributed by atoms with Crippen LogP contribution in [-0.4, -0.2) is 11.1 Å². The van der Waals surface area contributed by atoms with Crippen LogP contribution in [0.2, 0.25) is 0 Å². The highest BCUT2D eigenvalue weighted by Gasteiger charge is 2.22. The van der Waals surface area contributed by atoms with Crippen molar-refractivity contribution in [3.8, 4) is 0 Å². The summed E-state index contributed by atoms with van der Waals surface area (Å²) in [7, 11) is 0. The molecule has 1 N–H and O–H groups in total. The smallest absolute Gasteiger partial charge is 0.310 e. The molecule has 2 unspecified atom stereocenters. The third-order valence-electron chi connectivity index (χ3n) is 2.97. The Bertz CT molecular complexity index is 376. The molecule has 1 aromatic rings. The molecule has 2 nitrogen and oxygen atoms in total. The van der Waals surface area contributed by atoms with Gasteiger partial charge >= 0.3 is 5.97 Å². The Morgan fingerprint density at radius 3 is 2.71 bits per heavy atom. The average molecular weight is 299 g/mol. The van der Waals surface area contributed by atoms with Gasteiger partial charge in [-0.3, -0.25) is 4.79 Å². The number of hydrogen-bond donors (Lipinski definition) is 1. The molecule has 0 aliphatic carbocycles. The molecule has 0 spiro atoms. The minimum Gasteiger partial charge on any atom is -0.481 e. The molecule has 0 aromatic heterocycles. The molecule has 2 atom stereocenters. The molecule has 94 valence electrons. The summed E-state index contributed by atoms with van der Waals surface area (Å²) in [6, 6.07) is 7.59. The first kappa shape index (κ1) is 14.2. The van der Waals surface area contributed by atoms with Crippen molar-refractivity contribution >= 4 is 21.9 Å². The second-order valence-electron chi connectivity index (χ2n) is 4.58. The van der Waals surface area contributed by atoms with Gasteiger partial charge in [0, 0.05) is 4.47 Å². The monoisotopic (exact) mass is 298 g/mol. The van der Waals surface area contributed by atoms with Gasteiger partial charge in [0.25, 0.3) is 0 Å². The van der Waals surface area contributed by atoms with Gasteiger partial charge in [0.15, 0.2) is 0 Å². The van der Waals surface area contributed by atoms with E-state index in [1.807, 2.05) is 24.3 Å². The van der Waals surface area contributed by atoms with E-state index < -0.39 is 11.9 Å². The molecule has 1 rings (SSSR count). The van der Waals surface area contributed by atoms with Crippen molar-refractivity contribution < 1.29 is 9.90 Å². The van der Waals surface area contributed by atoms with Crippen LogP contribution in [0.4, 0.5) is 0 Å². The maximum atomic E-state index is 11.3. The Morgan fingerprint density at radius 2 is 2.18 bits per heavy atom. The predicted octanol–water partition coefficient (Wildman–Crippen LogP) is 4.44. The molecule has 0 fully saturated rings. The summed E-state index contributed by atoms with van der Waals surface area (Å²) in [5.74, 6) is -0.680. The van der Waals surface area contributed by atoms with Gasteiger partial charge in [0.05, 0.1) is 5.92 Å². The lowest BCUT2D eigenvalue weighted by atomic mass is 9.88. The zero-order chi connectivity index (χ0) is 12.8. The Labute approximate surface area is 111 Å². The molecule has 17 heavy (non-hydrogen) atoms. The van der Waals surface area contributed by atoms with Crippen LogP contribution in [0.3, 0.4) is 0 Å². The van der Waals surface area contributed by atoms with Gasteiger partial charge in [-0.2, -0.15) is 0 Å². The van der Waals surface area contributed by atoms with Gasteiger partial charge in [-0.1, -0.05) is 54.8 Å². The molecular weight excluding hydrogens is 280 g/mol. The molecule has 1 aromatic carbocycles. The van der Waals surface area contributed by atoms with Gasteiger partial charge in [0.2, 0.25) is 0 Å². The molecule has 0 saturated carbocycles. The van der Waals surface area contributed by atoms with Gasteiger partial charge in [-0.25, -0.2) is 0 Å². The van der Waals surface area contributed by atoms with E-state index in [1.54, 1.807) is 0 Å². The highest BCUT2D eigenvalue weighted by atomic mass is 79.9. The first-order valence-electron chi connectivity index (χ1n) is 6.02. The van der Waals surface area contributed by atoms with Gasteiger partial charge in [-0.05, 0) is 30.0 Å². The Balaban J connectivity index is 2.82. The van der Waals surface area contributed by atoms with Crippen LogP contribution >= 0.6 is 15.9 Å². The van der Waals surface area contributed by atoms with Crippen molar-refractivity contribution in [3.05, 3.63) is 34.3 Å². The van der Waals surface area contributed by atoms with Gasteiger partial charge < -0.3 is 5.11 Å². The quantitative estimate of drug-likeness (QED) is 0.843. The van der Waals surface area contributed by atoms with E-state index in [0.717, 1.165) is 22.9 Å². The lowest BCUT2D eigenvalue weighted by molar-refractivity contribution is -0.139. The van der Waals surface area contributed by atoms with E-state index in [9.17, 15) is 9.90 Å². The van der Waals surface area contributed by atoms with E-state index in [4.69, 9.17) is 0 Å². The van der Waals surface area contributed by atoms with Gasteiger partial charge in [0.1, 0.15) is 0 Å². The number of carboxylic acids is 1. The minimum absolute atomic E-state index is 0.394. The summed E-state index contributed by atoms with van der Waals surface area (Å²) in [5, 5.41) is 9.32. The fourth-order valence-electron chi connectivity index (χ4n) is 2.12. The van der Waals surface area contributed by atoms with Crippen LogP contribution < -0.4 is 0 Å². The van der Waals surface area contributed by atoms with E-state index in [-0.39, 0.29) is 0 Å². The number of aliphatic carboxylic acids is 1. The summed E-state index contributed by atoms with van der Waals surface area (Å²) < 4.78 is 0.935. The average Bonchev–Trinajstić information content (AvgIpc) is 2.26. The molecule has 0 aliphatic rings. The highest BCUT2D eigenvalue weighted by molar-refractivity contribution is 9.10. The minimum atomic E-state index is -0.731. The highest BCUT2D eigenvalue weighted by Crippen LogP contribution is 2.28. The third-order valence-corrected chi connectivity index (χ3v) is 3.46. The summed E-state index contributed by atoms with van der Waals surface area (Å²) in [6.07, 6.45) is 2.89. The third kappa shape index (κ3) is 4.50. The Morgan fingerprint density at radius 1 is 1.47 bits per heavy atom. The predicted molar refractivity (Wildman–Crippen MR) is 73.2 cm³/mol. The van der Waals surface area contributed by atoms with E-state index in [2.05, 4.69) is 29.8 Å². The standard InChI is InChI=1S/C14H19BrO2/c1-3-5-10(2)8-13(14(16)17)11-6-4-7-12(15)9-11/h4,6-7,9-10,13H,3,5,8H2,1-2H3,(H,16,17). The number of benzene rings is 1. The maximum absolute atomic E-state index is 11.3. The van der Waals surface area contributed by atoms with Crippen molar-refractivity contribution in [2.75, 3.05) is 0 Å². The lowest BCUT2D eigenvalue weighted by Crippen LogP contribution is -2.15. The molecule has 0 heterocycles. The zero-order valence-electron chi connectivity index (χ0n) is 10.3. The van der Waals surface area contributed by atoms with Crippen molar-refractivity contribution in [3.63, 3.8) is 0 Å². The molecule has 0 saturated heterocycles. The van der Waals surface area contributed by atoms with E-state index in [1.165, 1.54) is 0 Å². The van der Waals surface area contributed by atoms with E-state index in [0.29, 0.717) is 12.3 Å². The molecule has 0 amide bonds. The van der Waals surface area contributed by atoms with Crippen LogP contribution in [0.5, 0.6) is 0 Å². The second-order valence-corrected chi connectivity index (χ2v) is 5.49. The SMILES string of the molecule is CCCC(C)CC(C(=O)O)c1cccc(Br)c1. The number of rotatable bonds is 6. The normalized spacial score (nSPS) is 14.3. The Kier molecular flexibility index (Phi) is 5.69. The van der Waals surface area contributed by atoms with Crippen molar-refractivity contribution in [1.82, 2.24) is 0 Å². The number of hydrogen-bond acceptors (Lipinski definition) is 1. The maximum Gasteiger partial charge on any atom is 0.310 e. The van der Waals surface area contributed by atoms with Crippen molar-refractivity contribution in [1.29, 1.82) is 0 Å². The zero-order valence-corrected chi connectivity index (χ0v) is 11.9. The van der Waals surface area contributed by atoms with Crippen LogP contribution in [0.25, 0.3) is 0 Å². The summed E-state index contributed by atoms with van der Waals surface area (Å²) >= 11 is 3.38. The van der Waals surface area contributed by atoms with Crippen LogP contribution in [0.15, 0.2) is 28.7 Å². The lowest BCUT2D eigenvalue weighted by Gasteiger charge is -2.17. The molecule has 0 aliphatic heterocycles. The molecule has 3 heteroatoms. The van der Waals surface area contributed by atoms with Crippen molar-refractivity contribution in [2.24, 2.45) is 5.92 Å². The molecule has 0 bridgehead atoms. The number of carboxylic acid groups (broad SMARTS) is 1. The summed E-state index contributed by atoms with van der Waals surface area (Å²) in [6.45, 7) is 4.25. The van der Waals surface area contributed by atoms with Crippen LogP contribution in [0.1, 0.15) is 44.6 Å². The topological polar surface area (TPSA) is 37.3 Å². The Hall–Kier alpha value is -0.830. The van der Waals surface area contributed by atoms with Crippen LogP contribution in [-0.2, 0) is 4.79 Å². The first-order chi connectivity index (χ1) is 8.04. The fraction of sp³-hybridized carbons (Fsp3) is 0.500. The fourth-order valence-corrected chi connectivity index (χ4v) is 2.53. The summed E-state index contributed by atoms with van der Waals surface area (Å²) in [5.41, 5.74) is 0.884. The number of carbonyl (C=O) groups is 1. The van der Waals surface area contributed by atoms with E-state index >= 15 is 0 Å². The summed E-state index contributed by atoms with van der Waals surface area (Å²) in [4.78, 5) is 11.3. The van der Waals surface area contributed by atoms with Crippen LogP contribution in [0, 0.1) is 5.92 Å². The molecular formula is C14H19BrO2. The second kappa shape index (κ2) is 6.80. The van der Waals surface area contributed by atoms with Crippen molar-refractivity contribution in [2.45, 2.75) is 39.0 Å². The number of halogens is 1.